The van der Waals surface area contributed by atoms with Crippen LogP contribution in [0.3, 0.4) is 0 Å². The van der Waals surface area contributed by atoms with E-state index >= 15 is 0 Å². The summed E-state index contributed by atoms with van der Waals surface area (Å²) in [6.45, 7) is 3.57. The molecule has 2 bridgehead atoms. The van der Waals surface area contributed by atoms with Crippen LogP contribution in [0, 0.1) is 0 Å². The third-order valence-electron chi connectivity index (χ3n) is 2.66. The molecule has 0 spiro atoms. The third-order valence-corrected chi connectivity index (χ3v) is 2.66. The minimum atomic E-state index is -0.685. The molecule has 0 radical (unpaired) electrons. The number of aliphatic hydroxyl groups is 1. The van der Waals surface area contributed by atoms with Gasteiger partial charge in [0, 0.05) is 6.42 Å². The minimum absolute atomic E-state index is 0.0405. The van der Waals surface area contributed by atoms with Crippen LogP contribution in [0.25, 0.3) is 0 Å². The Kier molecular flexibility index (Phi) is 1.70. The monoisotopic (exact) mass is 174 g/mol. The average Bonchev–Trinajstić information content (AvgIpc) is 2.40. The van der Waals surface area contributed by atoms with Crippen LogP contribution in [-0.2, 0) is 14.5 Å². The van der Waals surface area contributed by atoms with Crippen molar-refractivity contribution in [2.45, 2.75) is 44.2 Å². The molecule has 0 aliphatic carbocycles. The summed E-state index contributed by atoms with van der Waals surface area (Å²) in [6, 6.07) is 0. The maximum Gasteiger partial charge on any atom is 0.199 e. The molecule has 0 unspecified atom stereocenters. The summed E-state index contributed by atoms with van der Waals surface area (Å²) in [7, 11) is 0. The Morgan fingerprint density at radius 2 is 2.17 bits per heavy atom. The van der Waals surface area contributed by atoms with Crippen molar-refractivity contribution >= 4 is 0 Å². The van der Waals surface area contributed by atoms with Gasteiger partial charge in [-0.1, -0.05) is 0 Å². The van der Waals surface area contributed by atoms with Crippen LogP contribution in [0.15, 0.2) is 0 Å². The molecule has 1 N–H and O–H groups in total. The number of hydrogen-bond donors (Lipinski definition) is 1. The van der Waals surface area contributed by atoms with Crippen molar-refractivity contribution in [3.8, 4) is 0 Å². The van der Waals surface area contributed by atoms with Gasteiger partial charge >= 0.3 is 0 Å². The topological polar surface area (TPSA) is 47.9 Å². The van der Waals surface area contributed by atoms with Gasteiger partial charge in [-0.15, -0.1) is 0 Å². The summed E-state index contributed by atoms with van der Waals surface area (Å²) in [5, 5.41) is 9.07. The molecule has 3 atom stereocenters. The summed E-state index contributed by atoms with van der Waals surface area (Å²) in [5.74, 6) is -0.584. The number of fused-ring (bicyclic) bond motifs is 2. The molecular weight excluding hydrogens is 160 g/mol. The number of rotatable bonds is 1. The molecule has 0 amide bonds. The van der Waals surface area contributed by atoms with E-state index in [9.17, 15) is 0 Å². The maximum absolute atomic E-state index is 9.07. The largest absolute Gasteiger partial charge is 0.393 e. The molecule has 4 nitrogen and oxygen atoms in total. The Hall–Kier alpha value is -0.160. The highest BCUT2D eigenvalue weighted by Crippen LogP contribution is 2.42. The first-order chi connectivity index (χ1) is 5.58. The Balaban J connectivity index is 2.16. The fourth-order valence-corrected chi connectivity index (χ4v) is 1.67. The van der Waals surface area contributed by atoms with Gasteiger partial charge in [0.1, 0.15) is 5.60 Å². The molecular formula is C8H14O4. The summed E-state index contributed by atoms with van der Waals surface area (Å²) in [4.78, 5) is 10.2. The van der Waals surface area contributed by atoms with Gasteiger partial charge < -0.3 is 9.84 Å². The van der Waals surface area contributed by atoms with E-state index < -0.39 is 11.4 Å². The lowest BCUT2D eigenvalue weighted by molar-refractivity contribution is -0.506. The lowest BCUT2D eigenvalue weighted by atomic mass is 9.98. The van der Waals surface area contributed by atoms with E-state index in [1.54, 1.807) is 6.92 Å². The highest BCUT2D eigenvalue weighted by Gasteiger charge is 2.53. The Morgan fingerprint density at radius 1 is 1.42 bits per heavy atom. The Morgan fingerprint density at radius 3 is 2.83 bits per heavy atom. The van der Waals surface area contributed by atoms with Gasteiger partial charge in [-0.2, -0.15) is 0 Å². The normalized spacial score (nSPS) is 52.8. The summed E-state index contributed by atoms with van der Waals surface area (Å²) < 4.78 is 5.58. The zero-order valence-electron chi connectivity index (χ0n) is 7.37. The van der Waals surface area contributed by atoms with Crippen LogP contribution in [0.1, 0.15) is 26.7 Å². The van der Waals surface area contributed by atoms with Gasteiger partial charge in [-0.25, -0.2) is 9.78 Å². The van der Waals surface area contributed by atoms with Gasteiger partial charge in [-0.05, 0) is 20.3 Å². The van der Waals surface area contributed by atoms with Gasteiger partial charge in [0.05, 0.1) is 12.7 Å². The van der Waals surface area contributed by atoms with Crippen molar-refractivity contribution in [3.63, 3.8) is 0 Å². The SMILES string of the molecule is C[C@@]12CC[C@H](O1)[C@](C)(CO)OO2. The number of aliphatic hydroxyl groups excluding tert-OH is 1. The molecule has 4 heteroatoms. The first kappa shape index (κ1) is 8.44. The van der Waals surface area contributed by atoms with Crippen LogP contribution >= 0.6 is 0 Å². The first-order valence-electron chi connectivity index (χ1n) is 4.23. The van der Waals surface area contributed by atoms with E-state index in [1.165, 1.54) is 0 Å². The molecule has 2 rings (SSSR count). The first-order valence-corrected chi connectivity index (χ1v) is 4.23. The number of hydrogen-bond acceptors (Lipinski definition) is 4. The van der Waals surface area contributed by atoms with E-state index in [1.807, 2.05) is 6.92 Å². The maximum atomic E-state index is 9.07. The lowest BCUT2D eigenvalue weighted by Gasteiger charge is -2.39. The van der Waals surface area contributed by atoms with E-state index in [2.05, 4.69) is 0 Å². The van der Waals surface area contributed by atoms with Gasteiger partial charge in [0.15, 0.2) is 5.79 Å². The summed E-state index contributed by atoms with van der Waals surface area (Å²) >= 11 is 0. The van der Waals surface area contributed by atoms with Gasteiger partial charge in [-0.3, -0.25) is 0 Å². The van der Waals surface area contributed by atoms with E-state index in [0.717, 1.165) is 12.8 Å². The van der Waals surface area contributed by atoms with Crippen molar-refractivity contribution in [3.05, 3.63) is 0 Å². The van der Waals surface area contributed by atoms with Crippen molar-refractivity contribution in [2.75, 3.05) is 6.61 Å². The molecule has 2 aliphatic heterocycles. The summed E-state index contributed by atoms with van der Waals surface area (Å²) in [5.41, 5.74) is -0.685. The van der Waals surface area contributed by atoms with Crippen LogP contribution in [-0.4, -0.2) is 29.2 Å². The molecule has 2 saturated heterocycles. The van der Waals surface area contributed by atoms with Crippen LogP contribution in [0.5, 0.6) is 0 Å². The molecule has 2 heterocycles. The number of ether oxygens (including phenoxy) is 1. The smallest absolute Gasteiger partial charge is 0.199 e. The molecule has 0 aromatic rings. The average molecular weight is 174 g/mol. The van der Waals surface area contributed by atoms with Crippen LogP contribution in [0.2, 0.25) is 0 Å². The molecule has 2 aliphatic rings. The predicted molar refractivity (Wildman–Crippen MR) is 40.2 cm³/mol. The standard InChI is InChI=1S/C8H14O4/c1-7(5-9)6-3-4-8(2,10-6)12-11-7/h6,9H,3-5H2,1-2H3/t6-,7-,8+/m0/s1. The molecule has 0 aromatic carbocycles. The lowest BCUT2D eigenvalue weighted by Crippen LogP contribution is -2.52. The zero-order chi connectivity index (χ0) is 8.82. The van der Waals surface area contributed by atoms with Crippen molar-refractivity contribution in [1.29, 1.82) is 0 Å². The highest BCUT2D eigenvalue weighted by molar-refractivity contribution is 4.93. The van der Waals surface area contributed by atoms with Crippen molar-refractivity contribution in [2.24, 2.45) is 0 Å². The molecule has 0 saturated carbocycles. The van der Waals surface area contributed by atoms with E-state index in [4.69, 9.17) is 19.6 Å². The van der Waals surface area contributed by atoms with E-state index in [0.29, 0.717) is 0 Å². The molecule has 12 heavy (non-hydrogen) atoms. The van der Waals surface area contributed by atoms with Crippen molar-refractivity contribution in [1.82, 2.24) is 0 Å². The molecule has 70 valence electrons. The van der Waals surface area contributed by atoms with Gasteiger partial charge in [0.25, 0.3) is 0 Å². The second-order valence-corrected chi connectivity index (χ2v) is 3.92. The molecule has 2 fully saturated rings. The van der Waals surface area contributed by atoms with Crippen LogP contribution < -0.4 is 0 Å². The Bertz CT molecular complexity index is 195. The highest BCUT2D eigenvalue weighted by atomic mass is 17.3. The Labute approximate surface area is 71.3 Å². The fraction of sp³-hybridized carbons (Fsp3) is 1.00. The zero-order valence-corrected chi connectivity index (χ0v) is 7.37. The fourth-order valence-electron chi connectivity index (χ4n) is 1.67. The van der Waals surface area contributed by atoms with Crippen LogP contribution in [0.4, 0.5) is 0 Å². The second kappa shape index (κ2) is 2.42. The second-order valence-electron chi connectivity index (χ2n) is 3.92. The molecule has 0 aromatic heterocycles. The van der Waals surface area contributed by atoms with Crippen molar-refractivity contribution < 1.29 is 19.6 Å². The summed E-state index contributed by atoms with van der Waals surface area (Å²) in [6.07, 6.45) is 1.67. The minimum Gasteiger partial charge on any atom is -0.393 e. The predicted octanol–water partition coefficient (Wildman–Crippen LogP) is 0.594. The van der Waals surface area contributed by atoms with E-state index in [-0.39, 0.29) is 12.7 Å². The van der Waals surface area contributed by atoms with Gasteiger partial charge in [0.2, 0.25) is 0 Å². The third kappa shape index (κ3) is 1.07. The quantitative estimate of drug-likeness (QED) is 0.591.